The molecule has 0 fully saturated rings. The second-order valence-corrected chi connectivity index (χ2v) is 7.63. The van der Waals surface area contributed by atoms with Crippen molar-refractivity contribution in [3.63, 3.8) is 0 Å². The second kappa shape index (κ2) is 7.95. The summed E-state index contributed by atoms with van der Waals surface area (Å²) in [6, 6.07) is 11.8. The van der Waals surface area contributed by atoms with Crippen molar-refractivity contribution in [2.45, 2.75) is 39.2 Å². The van der Waals surface area contributed by atoms with Crippen LogP contribution in [-0.2, 0) is 21.5 Å². The molecule has 2 aromatic carbocycles. The van der Waals surface area contributed by atoms with E-state index in [0.717, 1.165) is 5.56 Å². The molecule has 0 amide bonds. The van der Waals surface area contributed by atoms with E-state index in [1.165, 1.54) is 13.0 Å². The summed E-state index contributed by atoms with van der Waals surface area (Å²) in [5.41, 5.74) is -0.474. The maximum absolute atomic E-state index is 13.6. The molecule has 1 heterocycles. The van der Waals surface area contributed by atoms with Gasteiger partial charge in [0.25, 0.3) is 0 Å². The molecule has 0 spiro atoms. The molecule has 3 rings (SSSR count). The Morgan fingerprint density at radius 1 is 1.03 bits per heavy atom. The molecule has 0 saturated heterocycles. The van der Waals surface area contributed by atoms with E-state index in [0.29, 0.717) is 28.0 Å². The van der Waals surface area contributed by atoms with Crippen LogP contribution in [0, 0.1) is 6.92 Å². The van der Waals surface area contributed by atoms with Crippen LogP contribution in [0.4, 0.5) is 0 Å². The van der Waals surface area contributed by atoms with Crippen molar-refractivity contribution in [2.75, 3.05) is 0 Å². The van der Waals surface area contributed by atoms with Crippen molar-refractivity contribution in [1.82, 2.24) is 4.57 Å². The molecule has 0 bridgehead atoms. The molecular formula is C23H22ClNO5. The predicted molar refractivity (Wildman–Crippen MR) is 114 cm³/mol. The molecule has 0 aliphatic rings. The number of aliphatic carboxylic acids is 2. The molecule has 30 heavy (non-hydrogen) atoms. The lowest BCUT2D eigenvalue weighted by molar-refractivity contribution is -0.157. The van der Waals surface area contributed by atoms with Gasteiger partial charge in [-0.1, -0.05) is 42.3 Å². The van der Waals surface area contributed by atoms with E-state index < -0.39 is 23.1 Å². The van der Waals surface area contributed by atoms with E-state index in [2.05, 4.69) is 0 Å². The number of carbonyl (C=O) groups excluding carboxylic acids is 1. The highest BCUT2D eigenvalue weighted by Gasteiger charge is 2.51. The molecule has 0 saturated carbocycles. The van der Waals surface area contributed by atoms with E-state index in [1.807, 2.05) is 19.9 Å². The minimum absolute atomic E-state index is 0.0316. The minimum atomic E-state index is -2.29. The molecular weight excluding hydrogens is 406 g/mol. The van der Waals surface area contributed by atoms with Crippen molar-refractivity contribution < 1.29 is 24.6 Å². The second-order valence-electron chi connectivity index (χ2n) is 7.20. The lowest BCUT2D eigenvalue weighted by Crippen LogP contribution is -2.44. The Morgan fingerprint density at radius 2 is 1.70 bits per heavy atom. The van der Waals surface area contributed by atoms with Gasteiger partial charge in [-0.2, -0.15) is 0 Å². The van der Waals surface area contributed by atoms with Gasteiger partial charge in [-0.05, 0) is 44.5 Å². The molecule has 1 aromatic heterocycles. The Bertz CT molecular complexity index is 1160. The number of benzene rings is 2. The van der Waals surface area contributed by atoms with Crippen LogP contribution < -0.4 is 0 Å². The summed E-state index contributed by atoms with van der Waals surface area (Å²) in [4.78, 5) is 38.3. The van der Waals surface area contributed by atoms with E-state index in [9.17, 15) is 24.6 Å². The molecule has 0 aliphatic heterocycles. The van der Waals surface area contributed by atoms with Gasteiger partial charge in [-0.15, -0.1) is 0 Å². The summed E-state index contributed by atoms with van der Waals surface area (Å²) in [5.74, 6) is -3.47. The van der Waals surface area contributed by atoms with Gasteiger partial charge in [-0.3, -0.25) is 14.4 Å². The Balaban J connectivity index is 2.53. The summed E-state index contributed by atoms with van der Waals surface area (Å²) in [7, 11) is 0. The SMILES string of the molecule is CCn1c(C(=O)c2cccc(C)c2)c(C(CC)(C(=O)O)C(=O)O)c2cc(Cl)ccc21. The van der Waals surface area contributed by atoms with Crippen molar-refractivity contribution >= 4 is 40.2 Å². The lowest BCUT2D eigenvalue weighted by atomic mass is 9.75. The number of halogens is 1. The van der Waals surface area contributed by atoms with Gasteiger partial charge in [0.2, 0.25) is 5.78 Å². The van der Waals surface area contributed by atoms with E-state index in [1.54, 1.807) is 34.9 Å². The number of carboxylic acid groups (broad SMARTS) is 2. The number of nitrogens with zero attached hydrogens (tertiary/aromatic N) is 1. The van der Waals surface area contributed by atoms with Crippen LogP contribution in [0.2, 0.25) is 5.02 Å². The Kier molecular flexibility index (Phi) is 5.72. The van der Waals surface area contributed by atoms with Gasteiger partial charge in [-0.25, -0.2) is 0 Å². The number of aryl methyl sites for hydroxylation is 2. The fourth-order valence-corrected chi connectivity index (χ4v) is 4.20. The van der Waals surface area contributed by atoms with Crippen molar-refractivity contribution in [3.05, 3.63) is 69.9 Å². The summed E-state index contributed by atoms with van der Waals surface area (Å²) in [6.45, 7) is 5.50. The molecule has 0 unspecified atom stereocenters. The van der Waals surface area contributed by atoms with Crippen LogP contribution in [-0.4, -0.2) is 32.5 Å². The fraction of sp³-hybridized carbons (Fsp3) is 0.261. The highest BCUT2D eigenvalue weighted by Crippen LogP contribution is 2.41. The number of carbonyl (C=O) groups is 3. The van der Waals surface area contributed by atoms with Gasteiger partial charge in [0, 0.05) is 33.6 Å². The first-order valence-corrected chi connectivity index (χ1v) is 9.97. The highest BCUT2D eigenvalue weighted by molar-refractivity contribution is 6.31. The number of hydrogen-bond acceptors (Lipinski definition) is 3. The maximum atomic E-state index is 13.6. The van der Waals surface area contributed by atoms with Gasteiger partial charge in [0.05, 0.1) is 5.69 Å². The third kappa shape index (κ3) is 3.17. The fourth-order valence-electron chi connectivity index (χ4n) is 4.03. The first-order valence-electron chi connectivity index (χ1n) is 9.59. The standard InChI is InChI=1S/C23H22ClNO5/c1-4-23(21(27)28,22(29)30)18-16-12-15(24)9-10-17(16)25(5-2)19(18)20(26)14-8-6-7-13(3)11-14/h6-12H,4-5H2,1-3H3,(H,27,28)(H,29,30). The summed E-state index contributed by atoms with van der Waals surface area (Å²) in [6.07, 6.45) is -0.235. The topological polar surface area (TPSA) is 96.6 Å². The average molecular weight is 428 g/mol. The molecule has 3 aromatic rings. The van der Waals surface area contributed by atoms with Crippen molar-refractivity contribution in [3.8, 4) is 0 Å². The molecule has 0 radical (unpaired) electrons. The largest absolute Gasteiger partial charge is 0.480 e. The predicted octanol–water partition coefficient (Wildman–Crippen LogP) is 4.67. The number of carboxylic acids is 2. The smallest absolute Gasteiger partial charge is 0.325 e. The van der Waals surface area contributed by atoms with E-state index >= 15 is 0 Å². The Morgan fingerprint density at radius 3 is 2.23 bits per heavy atom. The third-order valence-corrected chi connectivity index (χ3v) is 5.76. The third-order valence-electron chi connectivity index (χ3n) is 5.52. The number of ketones is 1. The Labute approximate surface area is 178 Å². The molecule has 6 nitrogen and oxygen atoms in total. The summed E-state index contributed by atoms with van der Waals surface area (Å²) >= 11 is 6.18. The average Bonchev–Trinajstić information content (AvgIpc) is 3.01. The quantitative estimate of drug-likeness (QED) is 0.422. The van der Waals surface area contributed by atoms with Crippen LogP contribution in [0.3, 0.4) is 0 Å². The van der Waals surface area contributed by atoms with Crippen molar-refractivity contribution in [1.29, 1.82) is 0 Å². The molecule has 0 aliphatic carbocycles. The zero-order valence-corrected chi connectivity index (χ0v) is 17.7. The zero-order chi connectivity index (χ0) is 22.2. The lowest BCUT2D eigenvalue weighted by Gasteiger charge is -2.25. The summed E-state index contributed by atoms with van der Waals surface area (Å²) < 4.78 is 1.67. The molecule has 2 N–H and O–H groups in total. The van der Waals surface area contributed by atoms with Gasteiger partial charge in [0.1, 0.15) is 0 Å². The number of fused-ring (bicyclic) bond motifs is 1. The van der Waals surface area contributed by atoms with Crippen LogP contribution in [0.15, 0.2) is 42.5 Å². The minimum Gasteiger partial charge on any atom is -0.480 e. The van der Waals surface area contributed by atoms with Gasteiger partial charge >= 0.3 is 11.9 Å². The maximum Gasteiger partial charge on any atom is 0.325 e. The zero-order valence-electron chi connectivity index (χ0n) is 16.9. The van der Waals surface area contributed by atoms with Crippen molar-refractivity contribution in [2.24, 2.45) is 0 Å². The number of rotatable bonds is 7. The summed E-state index contributed by atoms with van der Waals surface area (Å²) in [5, 5.41) is 20.8. The van der Waals surface area contributed by atoms with Gasteiger partial charge < -0.3 is 14.8 Å². The first-order chi connectivity index (χ1) is 14.2. The number of hydrogen-bond donors (Lipinski definition) is 2. The monoisotopic (exact) mass is 427 g/mol. The van der Waals surface area contributed by atoms with E-state index in [-0.39, 0.29) is 17.7 Å². The molecule has 7 heteroatoms. The first kappa shape index (κ1) is 21.6. The number of aromatic nitrogens is 1. The Hall–Kier alpha value is -3.12. The normalized spacial score (nSPS) is 11.6. The molecule has 156 valence electrons. The van der Waals surface area contributed by atoms with Crippen LogP contribution in [0.5, 0.6) is 0 Å². The van der Waals surface area contributed by atoms with Crippen LogP contribution >= 0.6 is 11.6 Å². The molecule has 0 atom stereocenters. The van der Waals surface area contributed by atoms with Crippen LogP contribution in [0.25, 0.3) is 10.9 Å². The highest BCUT2D eigenvalue weighted by atomic mass is 35.5. The van der Waals surface area contributed by atoms with Gasteiger partial charge in [0.15, 0.2) is 5.41 Å². The van der Waals surface area contributed by atoms with E-state index in [4.69, 9.17) is 11.6 Å². The van der Waals surface area contributed by atoms with Crippen LogP contribution in [0.1, 0.15) is 47.4 Å².